The summed E-state index contributed by atoms with van der Waals surface area (Å²) in [7, 11) is 1.65. The fourth-order valence-corrected chi connectivity index (χ4v) is 4.06. The molecule has 13 heteroatoms. The van der Waals surface area contributed by atoms with Gasteiger partial charge in [-0.1, -0.05) is 44.1 Å². The van der Waals surface area contributed by atoms with Crippen LogP contribution in [0.3, 0.4) is 0 Å². The number of carbonyl (C=O) groups is 2. The largest absolute Gasteiger partial charge is 0.357 e. The predicted molar refractivity (Wildman–Crippen MR) is 146 cm³/mol. The van der Waals surface area contributed by atoms with E-state index in [0.29, 0.717) is 34.8 Å². The monoisotopic (exact) mass is 548 g/mol. The lowest BCUT2D eigenvalue weighted by molar-refractivity contribution is 0.252. The molecule has 0 aliphatic carbocycles. The maximum absolute atomic E-state index is 15.2. The fourth-order valence-electron chi connectivity index (χ4n) is 4.06. The highest BCUT2D eigenvalue weighted by Gasteiger charge is 2.36. The zero-order valence-corrected chi connectivity index (χ0v) is 22.1. The van der Waals surface area contributed by atoms with Crippen LogP contribution in [-0.2, 0) is 12.0 Å². The van der Waals surface area contributed by atoms with E-state index in [1.165, 1.54) is 11.1 Å². The van der Waals surface area contributed by atoms with Gasteiger partial charge in [0.15, 0.2) is 5.82 Å². The van der Waals surface area contributed by atoms with Gasteiger partial charge in [0.25, 0.3) is 0 Å². The number of aromatic nitrogens is 3. The number of nitrogens with zero attached hydrogens (tertiary/aromatic N) is 5. The lowest BCUT2D eigenvalue weighted by atomic mass is 9.92. The second kappa shape index (κ2) is 10.2. The molecule has 0 bridgehead atoms. The van der Waals surface area contributed by atoms with Gasteiger partial charge in [0.05, 0.1) is 29.3 Å². The highest BCUT2D eigenvalue weighted by atomic mass is 19.1. The van der Waals surface area contributed by atoms with Gasteiger partial charge >= 0.3 is 12.1 Å². The normalized spacial score (nSPS) is 13.2. The first kappa shape index (κ1) is 26.5. The molecular formula is C27H26F2N8O3. The molecule has 11 nitrogen and oxygen atoms in total. The Morgan fingerprint density at radius 3 is 2.48 bits per heavy atom. The van der Waals surface area contributed by atoms with E-state index in [1.807, 2.05) is 20.8 Å². The number of fused-ring (bicyclic) bond motifs is 1. The first-order valence-electron chi connectivity index (χ1n) is 12.3. The van der Waals surface area contributed by atoms with Gasteiger partial charge in [-0.05, 0) is 18.2 Å². The molecule has 1 aliphatic rings. The minimum Gasteiger partial charge on any atom is -0.357 e. The molecule has 3 heterocycles. The van der Waals surface area contributed by atoms with E-state index < -0.39 is 23.7 Å². The van der Waals surface area contributed by atoms with E-state index in [4.69, 9.17) is 4.52 Å². The van der Waals surface area contributed by atoms with E-state index in [9.17, 15) is 14.0 Å². The zero-order chi connectivity index (χ0) is 28.6. The molecule has 5 rings (SSSR count). The highest BCUT2D eigenvalue weighted by molar-refractivity contribution is 6.10. The minimum atomic E-state index is -1.03. The van der Waals surface area contributed by atoms with Gasteiger partial charge < -0.3 is 15.2 Å². The molecule has 0 atom stereocenters. The Morgan fingerprint density at radius 1 is 1.05 bits per heavy atom. The number of hydrogen-bond acceptors (Lipinski definition) is 7. The maximum Gasteiger partial charge on any atom is 0.335 e. The summed E-state index contributed by atoms with van der Waals surface area (Å²) < 4.78 is 35.1. The van der Waals surface area contributed by atoms with Crippen LogP contribution in [0.5, 0.6) is 0 Å². The first-order valence-corrected chi connectivity index (χ1v) is 12.3. The van der Waals surface area contributed by atoms with Crippen molar-refractivity contribution in [3.8, 4) is 0 Å². The van der Waals surface area contributed by atoms with E-state index in [0.717, 1.165) is 11.0 Å². The summed E-state index contributed by atoms with van der Waals surface area (Å²) in [4.78, 5) is 37.5. The van der Waals surface area contributed by atoms with Crippen LogP contribution in [-0.4, -0.2) is 34.2 Å². The van der Waals surface area contributed by atoms with Crippen LogP contribution in [0, 0.1) is 11.6 Å². The summed E-state index contributed by atoms with van der Waals surface area (Å²) >= 11 is 0. The number of para-hydroxylation sites is 1. The van der Waals surface area contributed by atoms with Crippen molar-refractivity contribution in [2.75, 3.05) is 32.8 Å². The standard InChI is InChI=1S/C27H26F2N8O3/c1-27(2,3)21-12-22(40-35-21)33-25(38)32-19-11-20(18(29)10-17(19)28)36-14-15-13-31-24(30-4)34-23(15)37(26(36)39)16-8-6-5-7-9-16/h5-13H,14H2,1-4H3,(H,30,31,34)(H2,32,33,38). The maximum atomic E-state index is 15.2. The van der Waals surface area contributed by atoms with Crippen molar-refractivity contribution < 1.29 is 22.9 Å². The van der Waals surface area contributed by atoms with E-state index in [2.05, 4.69) is 31.1 Å². The summed E-state index contributed by atoms with van der Waals surface area (Å²) in [6.07, 6.45) is 1.53. The second-order valence-electron chi connectivity index (χ2n) is 10.0. The number of amides is 4. The number of carbonyl (C=O) groups excluding carboxylic acids is 2. The Bertz CT molecular complexity index is 1590. The van der Waals surface area contributed by atoms with Crippen LogP contribution in [0.25, 0.3) is 0 Å². The molecule has 0 saturated carbocycles. The molecule has 3 N–H and O–H groups in total. The average molecular weight is 549 g/mol. The van der Waals surface area contributed by atoms with Crippen molar-refractivity contribution in [1.82, 2.24) is 15.1 Å². The number of benzene rings is 2. The van der Waals surface area contributed by atoms with Gasteiger partial charge in [-0.3, -0.25) is 10.2 Å². The van der Waals surface area contributed by atoms with Gasteiger partial charge in [-0.15, -0.1) is 0 Å². The third-order valence-electron chi connectivity index (χ3n) is 6.13. The Balaban J connectivity index is 1.46. The minimum absolute atomic E-state index is 0.0485. The van der Waals surface area contributed by atoms with E-state index >= 15 is 4.39 Å². The molecule has 0 saturated heterocycles. The van der Waals surface area contributed by atoms with Crippen molar-refractivity contribution in [1.29, 1.82) is 0 Å². The summed E-state index contributed by atoms with van der Waals surface area (Å²) in [5.41, 5.74) is 0.706. The summed E-state index contributed by atoms with van der Waals surface area (Å²) in [6, 6.07) is 10.4. The Kier molecular flexibility index (Phi) is 6.80. The van der Waals surface area contributed by atoms with Gasteiger partial charge in [-0.2, -0.15) is 4.98 Å². The zero-order valence-electron chi connectivity index (χ0n) is 22.1. The quantitative estimate of drug-likeness (QED) is 0.279. The van der Waals surface area contributed by atoms with Crippen LogP contribution in [0.4, 0.5) is 53.1 Å². The Hall–Kier alpha value is -5.07. The lowest BCUT2D eigenvalue weighted by Crippen LogP contribution is -2.46. The Labute approximate surface area is 228 Å². The predicted octanol–water partition coefficient (Wildman–Crippen LogP) is 6.00. The topological polar surface area (TPSA) is 129 Å². The smallest absolute Gasteiger partial charge is 0.335 e. The summed E-state index contributed by atoms with van der Waals surface area (Å²) in [5.74, 6) is -1.35. The molecule has 0 radical (unpaired) electrons. The second-order valence-corrected chi connectivity index (χ2v) is 10.0. The molecule has 2 aromatic carbocycles. The van der Waals surface area contributed by atoms with Crippen molar-refractivity contribution in [2.45, 2.75) is 32.7 Å². The SMILES string of the molecule is CNc1ncc2c(n1)N(c1ccccc1)C(=O)N(c1cc(NC(=O)Nc3cc(C(C)(C)C)no3)c(F)cc1F)C2. The number of rotatable bonds is 5. The van der Waals surface area contributed by atoms with Crippen molar-refractivity contribution in [3.63, 3.8) is 0 Å². The van der Waals surface area contributed by atoms with Crippen LogP contribution >= 0.6 is 0 Å². The molecule has 4 amide bonds. The summed E-state index contributed by atoms with van der Waals surface area (Å²) in [6.45, 7) is 5.68. The molecule has 2 aromatic heterocycles. The molecular weight excluding hydrogens is 522 g/mol. The van der Waals surface area contributed by atoms with Crippen LogP contribution < -0.4 is 25.8 Å². The third-order valence-corrected chi connectivity index (χ3v) is 6.13. The molecule has 0 fully saturated rings. The van der Waals surface area contributed by atoms with Crippen molar-refractivity contribution in [3.05, 3.63) is 77.6 Å². The van der Waals surface area contributed by atoms with Crippen molar-refractivity contribution >= 4 is 46.8 Å². The van der Waals surface area contributed by atoms with Gasteiger partial charge in [0.2, 0.25) is 11.8 Å². The number of halogens is 2. The number of hydrogen-bond donors (Lipinski definition) is 3. The fraction of sp³-hybridized carbons (Fsp3) is 0.222. The number of anilines is 6. The number of nitrogens with one attached hydrogen (secondary N) is 3. The molecule has 0 unspecified atom stereocenters. The molecule has 1 aliphatic heterocycles. The molecule has 40 heavy (non-hydrogen) atoms. The van der Waals surface area contributed by atoms with Crippen LogP contribution in [0.2, 0.25) is 0 Å². The number of urea groups is 2. The van der Waals surface area contributed by atoms with Gasteiger partial charge in [0.1, 0.15) is 11.6 Å². The lowest BCUT2D eigenvalue weighted by Gasteiger charge is -2.36. The first-order chi connectivity index (χ1) is 19.0. The Morgan fingerprint density at radius 2 is 1.80 bits per heavy atom. The molecule has 4 aromatic rings. The summed E-state index contributed by atoms with van der Waals surface area (Å²) in [5, 5.41) is 11.5. The van der Waals surface area contributed by atoms with E-state index in [-0.39, 0.29) is 29.2 Å². The molecule has 206 valence electrons. The van der Waals surface area contributed by atoms with Crippen molar-refractivity contribution in [2.24, 2.45) is 0 Å². The average Bonchev–Trinajstić information content (AvgIpc) is 3.39. The van der Waals surface area contributed by atoms with E-state index in [1.54, 1.807) is 43.4 Å². The van der Waals surface area contributed by atoms with Gasteiger partial charge in [0, 0.05) is 36.4 Å². The third kappa shape index (κ3) is 5.13. The van der Waals surface area contributed by atoms with Gasteiger partial charge in [-0.25, -0.2) is 28.3 Å². The highest BCUT2D eigenvalue weighted by Crippen LogP contribution is 2.38. The van der Waals surface area contributed by atoms with Crippen LogP contribution in [0.1, 0.15) is 32.0 Å². The van der Waals surface area contributed by atoms with Crippen LogP contribution in [0.15, 0.2) is 59.3 Å². The molecule has 0 spiro atoms.